The molecule has 0 aliphatic carbocycles. The van der Waals surface area contributed by atoms with Gasteiger partial charge in [0.1, 0.15) is 11.5 Å². The molecule has 1 amide bonds. The summed E-state index contributed by atoms with van der Waals surface area (Å²) in [5.74, 6) is -0.960. The van der Waals surface area contributed by atoms with Crippen LogP contribution in [0.25, 0.3) is 5.76 Å². The zero-order valence-corrected chi connectivity index (χ0v) is 18.2. The molecular formula is C26H24N2O4. The van der Waals surface area contributed by atoms with Crippen molar-refractivity contribution < 1.29 is 19.4 Å². The van der Waals surface area contributed by atoms with Crippen LogP contribution in [0.1, 0.15) is 35.2 Å². The van der Waals surface area contributed by atoms with Gasteiger partial charge in [0.2, 0.25) is 0 Å². The Morgan fingerprint density at radius 2 is 1.72 bits per heavy atom. The largest absolute Gasteiger partial charge is 0.507 e. The number of pyridine rings is 1. The Kier molecular flexibility index (Phi) is 5.77. The van der Waals surface area contributed by atoms with Crippen LogP contribution in [0.15, 0.2) is 72.6 Å². The number of aliphatic hydroxyl groups excluding tert-OH is 1. The number of amides is 1. The molecule has 1 aliphatic heterocycles. The Hall–Kier alpha value is -3.93. The number of nitrogens with zero attached hydrogens (tertiary/aromatic N) is 2. The third-order valence-corrected chi connectivity index (χ3v) is 5.74. The van der Waals surface area contributed by atoms with Gasteiger partial charge < -0.3 is 9.84 Å². The lowest BCUT2D eigenvalue weighted by molar-refractivity contribution is -0.132. The van der Waals surface area contributed by atoms with Crippen molar-refractivity contribution in [1.82, 2.24) is 4.98 Å². The van der Waals surface area contributed by atoms with E-state index in [0.29, 0.717) is 29.2 Å². The lowest BCUT2D eigenvalue weighted by Crippen LogP contribution is -2.30. The van der Waals surface area contributed by atoms with Gasteiger partial charge in [0.15, 0.2) is 0 Å². The molecule has 6 heteroatoms. The second-order valence-corrected chi connectivity index (χ2v) is 7.63. The average Bonchev–Trinajstić information content (AvgIpc) is 3.07. The van der Waals surface area contributed by atoms with E-state index in [2.05, 4.69) is 4.98 Å². The van der Waals surface area contributed by atoms with Crippen LogP contribution in [0, 0.1) is 13.8 Å². The Morgan fingerprint density at radius 1 is 1.03 bits per heavy atom. The Labute approximate surface area is 186 Å². The molecular weight excluding hydrogens is 404 g/mol. The molecule has 4 rings (SSSR count). The van der Waals surface area contributed by atoms with Crippen molar-refractivity contribution in [3.8, 4) is 5.75 Å². The molecule has 162 valence electrons. The summed E-state index contributed by atoms with van der Waals surface area (Å²) in [5.41, 5.74) is 3.71. The second-order valence-electron chi connectivity index (χ2n) is 7.63. The minimum absolute atomic E-state index is 0.0475. The van der Waals surface area contributed by atoms with Crippen molar-refractivity contribution in [3.63, 3.8) is 0 Å². The van der Waals surface area contributed by atoms with Gasteiger partial charge in [0.05, 0.1) is 18.2 Å². The number of ether oxygens (including phenoxy) is 1. The summed E-state index contributed by atoms with van der Waals surface area (Å²) in [4.78, 5) is 32.0. The predicted octanol–water partition coefficient (Wildman–Crippen LogP) is 4.72. The SMILES string of the molecule is CCOc1ccc(/C(O)=C2\C(=O)C(=O)N(c3cccc(C)c3C)C2c2ccncc2)cc1. The lowest BCUT2D eigenvalue weighted by Gasteiger charge is -2.27. The third kappa shape index (κ3) is 3.64. The van der Waals surface area contributed by atoms with Crippen LogP contribution >= 0.6 is 0 Å². The number of carbonyl (C=O) groups excluding carboxylic acids is 2. The predicted molar refractivity (Wildman–Crippen MR) is 123 cm³/mol. The molecule has 32 heavy (non-hydrogen) atoms. The quantitative estimate of drug-likeness (QED) is 0.361. The van der Waals surface area contributed by atoms with Gasteiger partial charge in [0, 0.05) is 23.6 Å². The monoisotopic (exact) mass is 428 g/mol. The molecule has 1 N–H and O–H groups in total. The van der Waals surface area contributed by atoms with Crippen molar-refractivity contribution in [1.29, 1.82) is 0 Å². The number of carbonyl (C=O) groups is 2. The molecule has 0 saturated carbocycles. The first-order valence-electron chi connectivity index (χ1n) is 10.4. The van der Waals surface area contributed by atoms with E-state index in [9.17, 15) is 14.7 Å². The highest BCUT2D eigenvalue weighted by molar-refractivity contribution is 6.51. The van der Waals surface area contributed by atoms with E-state index < -0.39 is 17.7 Å². The van der Waals surface area contributed by atoms with Crippen molar-refractivity contribution in [2.24, 2.45) is 0 Å². The van der Waals surface area contributed by atoms with Crippen LogP contribution < -0.4 is 9.64 Å². The molecule has 3 aromatic rings. The molecule has 1 saturated heterocycles. The van der Waals surface area contributed by atoms with Gasteiger partial charge in [0.25, 0.3) is 11.7 Å². The normalized spacial score (nSPS) is 17.6. The number of ketones is 1. The topological polar surface area (TPSA) is 79.7 Å². The van der Waals surface area contributed by atoms with E-state index in [4.69, 9.17) is 4.74 Å². The molecule has 6 nitrogen and oxygen atoms in total. The maximum Gasteiger partial charge on any atom is 0.300 e. The molecule has 1 fully saturated rings. The number of hydrogen-bond donors (Lipinski definition) is 1. The Bertz CT molecular complexity index is 1200. The first-order chi connectivity index (χ1) is 15.4. The molecule has 2 aromatic carbocycles. The summed E-state index contributed by atoms with van der Waals surface area (Å²) in [7, 11) is 0. The van der Waals surface area contributed by atoms with Crippen LogP contribution in [0.5, 0.6) is 5.75 Å². The number of benzene rings is 2. The van der Waals surface area contributed by atoms with Crippen LogP contribution in [0.3, 0.4) is 0 Å². The van der Waals surface area contributed by atoms with E-state index in [1.54, 1.807) is 48.8 Å². The number of anilines is 1. The first-order valence-corrected chi connectivity index (χ1v) is 10.4. The molecule has 1 aromatic heterocycles. The van der Waals surface area contributed by atoms with E-state index in [1.807, 2.05) is 39.0 Å². The maximum absolute atomic E-state index is 13.2. The summed E-state index contributed by atoms with van der Waals surface area (Å²) in [5, 5.41) is 11.2. The number of aliphatic hydroxyl groups is 1. The van der Waals surface area contributed by atoms with Gasteiger partial charge in [-0.15, -0.1) is 0 Å². The molecule has 0 bridgehead atoms. The van der Waals surface area contributed by atoms with Crippen molar-refractivity contribution >= 4 is 23.1 Å². The van der Waals surface area contributed by atoms with Gasteiger partial charge in [-0.05, 0) is 79.9 Å². The highest BCUT2D eigenvalue weighted by atomic mass is 16.5. The van der Waals surface area contributed by atoms with E-state index in [-0.39, 0.29) is 11.3 Å². The van der Waals surface area contributed by atoms with Gasteiger partial charge in [-0.2, -0.15) is 0 Å². The number of hydrogen-bond acceptors (Lipinski definition) is 5. The van der Waals surface area contributed by atoms with E-state index in [1.165, 1.54) is 4.90 Å². The van der Waals surface area contributed by atoms with Crippen molar-refractivity contribution in [2.75, 3.05) is 11.5 Å². The zero-order chi connectivity index (χ0) is 22.8. The number of Topliss-reactive ketones (excluding diaryl/α,β-unsaturated/α-hetero) is 1. The smallest absolute Gasteiger partial charge is 0.300 e. The highest BCUT2D eigenvalue weighted by Gasteiger charge is 2.47. The average molecular weight is 428 g/mol. The number of rotatable bonds is 5. The van der Waals surface area contributed by atoms with Crippen LogP contribution in [0.2, 0.25) is 0 Å². The third-order valence-electron chi connectivity index (χ3n) is 5.74. The number of aromatic nitrogens is 1. The molecule has 0 radical (unpaired) electrons. The molecule has 2 heterocycles. The molecule has 1 aliphatic rings. The van der Waals surface area contributed by atoms with Crippen LogP contribution in [-0.4, -0.2) is 28.4 Å². The van der Waals surface area contributed by atoms with Gasteiger partial charge in [-0.3, -0.25) is 19.5 Å². The molecule has 1 unspecified atom stereocenters. The summed E-state index contributed by atoms with van der Waals surface area (Å²) >= 11 is 0. The number of aryl methyl sites for hydroxylation is 1. The molecule has 1 atom stereocenters. The summed E-state index contributed by atoms with van der Waals surface area (Å²) in [6.45, 7) is 6.28. The fraction of sp³-hybridized carbons (Fsp3) is 0.192. The fourth-order valence-electron chi connectivity index (χ4n) is 3.97. The summed E-state index contributed by atoms with van der Waals surface area (Å²) in [6.07, 6.45) is 3.21. The maximum atomic E-state index is 13.2. The Morgan fingerprint density at radius 3 is 2.38 bits per heavy atom. The standard InChI is InChI=1S/C26H24N2O4/c1-4-32-20-10-8-19(9-11-20)24(29)22-23(18-12-14-27-15-13-18)28(26(31)25(22)30)21-7-5-6-16(2)17(21)3/h5-15,23,29H,4H2,1-3H3/b24-22+. The van der Waals surface area contributed by atoms with Gasteiger partial charge >= 0.3 is 0 Å². The molecule has 0 spiro atoms. The van der Waals surface area contributed by atoms with Gasteiger partial charge in [-0.1, -0.05) is 12.1 Å². The van der Waals surface area contributed by atoms with Crippen molar-refractivity contribution in [2.45, 2.75) is 26.8 Å². The second kappa shape index (κ2) is 8.67. The first kappa shape index (κ1) is 21.3. The Balaban J connectivity index is 1.91. The van der Waals surface area contributed by atoms with Crippen LogP contribution in [-0.2, 0) is 9.59 Å². The fourth-order valence-corrected chi connectivity index (χ4v) is 3.97. The van der Waals surface area contributed by atoms with Crippen LogP contribution in [0.4, 0.5) is 5.69 Å². The minimum atomic E-state index is -0.773. The zero-order valence-electron chi connectivity index (χ0n) is 18.2. The highest BCUT2D eigenvalue weighted by Crippen LogP contribution is 2.43. The lowest BCUT2D eigenvalue weighted by atomic mass is 9.95. The van der Waals surface area contributed by atoms with Crippen molar-refractivity contribution in [3.05, 3.63) is 94.8 Å². The van der Waals surface area contributed by atoms with Gasteiger partial charge in [-0.25, -0.2) is 0 Å². The van der Waals surface area contributed by atoms with E-state index >= 15 is 0 Å². The van der Waals surface area contributed by atoms with E-state index in [0.717, 1.165) is 11.1 Å². The summed E-state index contributed by atoms with van der Waals surface area (Å²) in [6, 6.07) is 15.2. The summed E-state index contributed by atoms with van der Waals surface area (Å²) < 4.78 is 5.46. The minimum Gasteiger partial charge on any atom is -0.507 e.